The van der Waals surface area contributed by atoms with E-state index in [1.165, 1.54) is 12.1 Å². The molecule has 0 bridgehead atoms. The number of nitrogens with zero attached hydrogens (tertiary/aromatic N) is 2. The summed E-state index contributed by atoms with van der Waals surface area (Å²) in [5.74, 6) is 2.27. The van der Waals surface area contributed by atoms with E-state index < -0.39 is 0 Å². The Morgan fingerprint density at radius 3 is 2.71 bits per heavy atom. The predicted molar refractivity (Wildman–Crippen MR) is 124 cm³/mol. The topological polar surface area (TPSA) is 54.5 Å². The second-order valence-electron chi connectivity index (χ2n) is 7.46. The molecule has 7 heteroatoms. The molecule has 1 aliphatic heterocycles. The summed E-state index contributed by atoms with van der Waals surface area (Å²) >= 11 is 1.85. The average Bonchev–Trinajstić information content (AvgIpc) is 2.82. The molecular weight excluding hydrogens is 413 g/mol. The minimum atomic E-state index is -0.353. The minimum Gasteiger partial charge on any atom is -0.494 e. The van der Waals surface area contributed by atoms with Crippen LogP contribution in [0.4, 0.5) is 10.1 Å². The van der Waals surface area contributed by atoms with Crippen LogP contribution in [0.1, 0.15) is 29.3 Å². The lowest BCUT2D eigenvalue weighted by Crippen LogP contribution is -2.38. The maximum Gasteiger partial charge on any atom is 0.257 e. The number of pyridine rings is 1. The molecule has 2 heterocycles. The Kier molecular flexibility index (Phi) is 6.92. The van der Waals surface area contributed by atoms with Crippen LogP contribution in [0.3, 0.4) is 0 Å². The molecule has 162 valence electrons. The maximum absolute atomic E-state index is 14.0. The van der Waals surface area contributed by atoms with Gasteiger partial charge in [0.2, 0.25) is 0 Å². The number of anilines is 1. The summed E-state index contributed by atoms with van der Waals surface area (Å²) in [7, 11) is 0. The van der Waals surface area contributed by atoms with Gasteiger partial charge in [-0.3, -0.25) is 9.78 Å². The van der Waals surface area contributed by atoms with E-state index in [4.69, 9.17) is 4.74 Å². The Morgan fingerprint density at radius 2 is 1.97 bits per heavy atom. The Hall–Kier alpha value is -2.80. The summed E-state index contributed by atoms with van der Waals surface area (Å²) in [4.78, 5) is 19.5. The number of rotatable bonds is 7. The van der Waals surface area contributed by atoms with Crippen LogP contribution in [0.5, 0.6) is 5.75 Å². The average molecular weight is 440 g/mol. The number of hydrogen-bond acceptors (Lipinski definition) is 5. The van der Waals surface area contributed by atoms with Crippen molar-refractivity contribution in [3.05, 3.63) is 65.6 Å². The van der Waals surface area contributed by atoms with Gasteiger partial charge in [-0.05, 0) is 42.3 Å². The SMILES string of the molecule is CCCOc1ccc(CNc2c(C(=O)N3CCSCC3)cnc3ccc(F)cc23)cc1. The fraction of sp³-hybridized carbons (Fsp3) is 0.333. The zero-order chi connectivity index (χ0) is 21.6. The second-order valence-corrected chi connectivity index (χ2v) is 8.68. The Balaban J connectivity index is 1.62. The predicted octanol–water partition coefficient (Wildman–Crippen LogP) is 4.96. The first-order valence-electron chi connectivity index (χ1n) is 10.6. The molecule has 31 heavy (non-hydrogen) atoms. The lowest BCUT2D eigenvalue weighted by atomic mass is 10.1. The highest BCUT2D eigenvalue weighted by Gasteiger charge is 2.23. The number of hydrogen-bond donors (Lipinski definition) is 1. The third-order valence-electron chi connectivity index (χ3n) is 5.22. The number of thioether (sulfide) groups is 1. The molecule has 0 radical (unpaired) electrons. The molecule has 0 unspecified atom stereocenters. The molecule has 1 aliphatic rings. The molecule has 0 atom stereocenters. The molecule has 2 aromatic carbocycles. The van der Waals surface area contributed by atoms with Gasteiger partial charge in [-0.2, -0.15) is 11.8 Å². The largest absolute Gasteiger partial charge is 0.494 e. The van der Waals surface area contributed by atoms with Crippen LogP contribution in [0, 0.1) is 5.82 Å². The first kappa shape index (κ1) is 21.4. The number of halogens is 1. The van der Waals surface area contributed by atoms with Crippen molar-refractivity contribution in [1.82, 2.24) is 9.88 Å². The zero-order valence-electron chi connectivity index (χ0n) is 17.6. The van der Waals surface area contributed by atoms with Gasteiger partial charge in [0.05, 0.1) is 23.4 Å². The van der Waals surface area contributed by atoms with Gasteiger partial charge in [0.15, 0.2) is 0 Å². The zero-order valence-corrected chi connectivity index (χ0v) is 18.4. The summed E-state index contributed by atoms with van der Waals surface area (Å²) in [6, 6.07) is 12.3. The molecule has 1 fully saturated rings. The summed E-state index contributed by atoms with van der Waals surface area (Å²) < 4.78 is 19.7. The van der Waals surface area contributed by atoms with Crippen molar-refractivity contribution >= 4 is 34.3 Å². The van der Waals surface area contributed by atoms with Gasteiger partial charge in [-0.25, -0.2) is 4.39 Å². The number of ether oxygens (including phenoxy) is 1. The van der Waals surface area contributed by atoms with Crippen LogP contribution in [-0.2, 0) is 6.54 Å². The van der Waals surface area contributed by atoms with Gasteiger partial charge in [0.25, 0.3) is 5.91 Å². The molecule has 5 nitrogen and oxygen atoms in total. The van der Waals surface area contributed by atoms with E-state index in [-0.39, 0.29) is 11.7 Å². The van der Waals surface area contributed by atoms with Gasteiger partial charge in [-0.15, -0.1) is 0 Å². The van der Waals surface area contributed by atoms with E-state index in [0.29, 0.717) is 48.4 Å². The molecule has 0 saturated carbocycles. The van der Waals surface area contributed by atoms with Crippen molar-refractivity contribution < 1.29 is 13.9 Å². The van der Waals surface area contributed by atoms with Crippen LogP contribution in [0.25, 0.3) is 10.9 Å². The highest BCUT2D eigenvalue weighted by Crippen LogP contribution is 2.29. The first-order chi connectivity index (χ1) is 15.2. The van der Waals surface area contributed by atoms with Crippen LogP contribution in [0.15, 0.2) is 48.7 Å². The number of fused-ring (bicyclic) bond motifs is 1. The van der Waals surface area contributed by atoms with Crippen LogP contribution < -0.4 is 10.1 Å². The van der Waals surface area contributed by atoms with Gasteiger partial charge >= 0.3 is 0 Å². The van der Waals surface area contributed by atoms with Crippen molar-refractivity contribution in [3.63, 3.8) is 0 Å². The van der Waals surface area contributed by atoms with Gasteiger partial charge in [0.1, 0.15) is 11.6 Å². The van der Waals surface area contributed by atoms with Crippen molar-refractivity contribution in [1.29, 1.82) is 0 Å². The number of carbonyl (C=O) groups is 1. The third-order valence-corrected chi connectivity index (χ3v) is 6.17. The molecule has 1 N–H and O–H groups in total. The van der Waals surface area contributed by atoms with E-state index in [2.05, 4.69) is 17.2 Å². The lowest BCUT2D eigenvalue weighted by Gasteiger charge is -2.27. The highest BCUT2D eigenvalue weighted by atomic mass is 32.2. The molecule has 1 saturated heterocycles. The molecular formula is C24H26FN3O2S. The highest BCUT2D eigenvalue weighted by molar-refractivity contribution is 7.99. The van der Waals surface area contributed by atoms with E-state index in [1.807, 2.05) is 40.9 Å². The molecule has 0 aliphatic carbocycles. The Morgan fingerprint density at radius 1 is 1.19 bits per heavy atom. The summed E-state index contributed by atoms with van der Waals surface area (Å²) in [5, 5.41) is 3.99. The standard InChI is InChI=1S/C24H26FN3O2S/c1-2-11-30-19-6-3-17(4-7-19)15-27-23-20-14-18(25)5-8-22(20)26-16-21(23)24(29)28-9-12-31-13-10-28/h3-8,14,16H,2,9-13,15H2,1H3,(H,26,27). The van der Waals surface area contributed by atoms with Crippen molar-refractivity contribution in [2.24, 2.45) is 0 Å². The fourth-order valence-electron chi connectivity index (χ4n) is 3.57. The normalized spacial score (nSPS) is 13.9. The van der Waals surface area contributed by atoms with Crippen molar-refractivity contribution in [2.45, 2.75) is 19.9 Å². The van der Waals surface area contributed by atoms with Crippen LogP contribution >= 0.6 is 11.8 Å². The van der Waals surface area contributed by atoms with E-state index in [0.717, 1.165) is 29.2 Å². The van der Waals surface area contributed by atoms with E-state index >= 15 is 0 Å². The number of nitrogens with one attached hydrogen (secondary N) is 1. The number of carbonyl (C=O) groups excluding carboxylic acids is 1. The summed E-state index contributed by atoms with van der Waals surface area (Å²) in [6.07, 6.45) is 2.57. The maximum atomic E-state index is 14.0. The van der Waals surface area contributed by atoms with Crippen LogP contribution in [0.2, 0.25) is 0 Å². The molecule has 1 amide bonds. The smallest absolute Gasteiger partial charge is 0.257 e. The quantitative estimate of drug-likeness (QED) is 0.564. The molecule has 1 aromatic heterocycles. The van der Waals surface area contributed by atoms with E-state index in [1.54, 1.807) is 12.3 Å². The van der Waals surface area contributed by atoms with Crippen molar-refractivity contribution in [3.8, 4) is 5.75 Å². The van der Waals surface area contributed by atoms with Crippen molar-refractivity contribution in [2.75, 3.05) is 36.5 Å². The second kappa shape index (κ2) is 10.0. The minimum absolute atomic E-state index is 0.0650. The summed E-state index contributed by atoms with van der Waals surface area (Å²) in [6.45, 7) is 4.68. The Labute approximate surface area is 186 Å². The third kappa shape index (κ3) is 5.10. The number of amides is 1. The van der Waals surface area contributed by atoms with E-state index in [9.17, 15) is 9.18 Å². The first-order valence-corrected chi connectivity index (χ1v) is 11.7. The fourth-order valence-corrected chi connectivity index (χ4v) is 4.47. The summed E-state index contributed by atoms with van der Waals surface area (Å²) in [5.41, 5.74) is 2.79. The monoisotopic (exact) mass is 439 g/mol. The van der Waals surface area contributed by atoms with Gasteiger partial charge in [-0.1, -0.05) is 19.1 Å². The number of aromatic nitrogens is 1. The van der Waals surface area contributed by atoms with Gasteiger partial charge in [0, 0.05) is 42.7 Å². The number of benzene rings is 2. The van der Waals surface area contributed by atoms with Crippen LogP contribution in [-0.4, -0.2) is 47.0 Å². The Bertz CT molecular complexity index is 1050. The lowest BCUT2D eigenvalue weighted by molar-refractivity contribution is 0.0773. The molecule has 0 spiro atoms. The molecule has 3 aromatic rings. The molecule has 4 rings (SSSR count). The van der Waals surface area contributed by atoms with Gasteiger partial charge < -0.3 is 15.0 Å².